The number of nitrogens with one attached hydrogen (secondary N) is 1. The molecule has 0 bridgehead atoms. The first-order valence-corrected chi connectivity index (χ1v) is 14.2. The van der Waals surface area contributed by atoms with Gasteiger partial charge in [0.05, 0.1) is 24.4 Å². The number of ether oxygens (including phenoxy) is 2. The quantitative estimate of drug-likeness (QED) is 0.179. The Balaban J connectivity index is 1.50. The van der Waals surface area contributed by atoms with Crippen LogP contribution in [0.2, 0.25) is 5.02 Å². The number of amides is 2. The van der Waals surface area contributed by atoms with Crippen molar-refractivity contribution < 1.29 is 37.4 Å². The summed E-state index contributed by atoms with van der Waals surface area (Å²) in [5, 5.41) is 14.7. The van der Waals surface area contributed by atoms with E-state index in [1.165, 1.54) is 32.2 Å². The van der Waals surface area contributed by atoms with Gasteiger partial charge in [-0.05, 0) is 36.8 Å². The van der Waals surface area contributed by atoms with Crippen molar-refractivity contribution in [3.05, 3.63) is 99.7 Å². The molecule has 0 unspecified atom stereocenters. The van der Waals surface area contributed by atoms with Crippen LogP contribution >= 0.6 is 11.6 Å². The van der Waals surface area contributed by atoms with Crippen molar-refractivity contribution in [2.24, 2.45) is 5.73 Å². The lowest BCUT2D eigenvalue weighted by Crippen LogP contribution is -2.43. The summed E-state index contributed by atoms with van der Waals surface area (Å²) in [6.07, 6.45) is 0. The highest BCUT2D eigenvalue weighted by atomic mass is 35.5. The summed E-state index contributed by atoms with van der Waals surface area (Å²) in [7, 11) is 1.40. The number of benzene rings is 3. The zero-order valence-corrected chi connectivity index (χ0v) is 25.1. The maximum atomic E-state index is 15.3. The van der Waals surface area contributed by atoms with E-state index < -0.39 is 41.0 Å². The second-order valence-corrected chi connectivity index (χ2v) is 11.4. The third-order valence-electron chi connectivity index (χ3n) is 8.02. The molecule has 46 heavy (non-hydrogen) atoms. The fraction of sp³-hybridized carbons (Fsp3) is 0.188. The molecule has 0 saturated carbocycles. The van der Waals surface area contributed by atoms with Crippen LogP contribution in [0.15, 0.2) is 65.1 Å². The lowest BCUT2D eigenvalue weighted by Gasteiger charge is -2.30. The predicted octanol–water partition coefficient (Wildman–Crippen LogP) is 4.21. The zero-order valence-electron chi connectivity index (χ0n) is 24.4. The molecule has 5 aromatic rings. The number of nitrogens with two attached hydrogens (primary N) is 2. The molecule has 0 radical (unpaired) electrons. The Bertz CT molecular complexity index is 2040. The van der Waals surface area contributed by atoms with Gasteiger partial charge in [-0.3, -0.25) is 9.59 Å². The summed E-state index contributed by atoms with van der Waals surface area (Å²) in [5.41, 5.74) is 8.60. The first kappa shape index (κ1) is 30.7. The lowest BCUT2D eigenvalue weighted by molar-refractivity contribution is -0.123. The third-order valence-corrected chi connectivity index (χ3v) is 8.31. The van der Waals surface area contributed by atoms with Gasteiger partial charge in [-0.1, -0.05) is 41.9 Å². The molecule has 1 aliphatic heterocycles. The smallest absolute Gasteiger partial charge is 0.293 e. The number of methoxy groups -OCH3 is 1. The Kier molecular flexibility index (Phi) is 7.53. The summed E-state index contributed by atoms with van der Waals surface area (Å²) in [6, 6.07) is 14.0. The average molecular weight is 650 g/mol. The van der Waals surface area contributed by atoms with Crippen molar-refractivity contribution in [3.63, 3.8) is 0 Å². The van der Waals surface area contributed by atoms with Crippen LogP contribution < -0.4 is 26.3 Å². The minimum absolute atomic E-state index is 0.0119. The number of hydrogen-bond acceptors (Lipinski definition) is 9. The fourth-order valence-electron chi connectivity index (χ4n) is 5.35. The summed E-state index contributed by atoms with van der Waals surface area (Å²) in [4.78, 5) is 34.8. The number of aliphatic hydroxyl groups is 1. The Hall–Kier alpha value is -5.27. The SMILES string of the molecule is COc1cc(C(=O)NC[C@@](O)(c2ccccc2)c2cc3c(c(-c4cc(Cl)c(F)cc4F)n2)OC[C@]3(C)C(N)=O)cc2oc(N)nc12. The van der Waals surface area contributed by atoms with Crippen LogP contribution in [0.3, 0.4) is 0 Å². The molecule has 1 aliphatic rings. The molecule has 3 aromatic carbocycles. The standard InChI is InChI=1S/C32H26ClF2N5O6/c1-31(29(36)42)14-45-27-18(31)11-24(39-25(27)17-10-19(33)21(35)12-20(17)34)32(43,16-6-4-3-5-7-16)13-38-28(41)15-8-22(44-2)26-23(9-15)46-30(37)40-26/h3-12,43H,13-14H2,1-2H3,(H2,36,42)(H2,37,40)(H,38,41)/t31-,32+/m0/s1. The molecule has 11 nitrogen and oxygen atoms in total. The van der Waals surface area contributed by atoms with Gasteiger partial charge in [0.2, 0.25) is 5.91 Å². The Labute approximate surface area is 265 Å². The molecule has 14 heteroatoms. The number of fused-ring (bicyclic) bond motifs is 2. The highest BCUT2D eigenvalue weighted by molar-refractivity contribution is 6.31. The van der Waals surface area contributed by atoms with Gasteiger partial charge in [0.15, 0.2) is 11.1 Å². The number of pyridine rings is 1. The van der Waals surface area contributed by atoms with Gasteiger partial charge in [0.25, 0.3) is 11.9 Å². The number of anilines is 1. The highest BCUT2D eigenvalue weighted by Crippen LogP contribution is 2.47. The zero-order chi connectivity index (χ0) is 33.0. The van der Waals surface area contributed by atoms with Crippen molar-refractivity contribution in [3.8, 4) is 22.8 Å². The van der Waals surface area contributed by atoms with Crippen LogP contribution in [0, 0.1) is 11.6 Å². The molecular formula is C32H26ClF2N5O6. The van der Waals surface area contributed by atoms with Gasteiger partial charge in [0.1, 0.15) is 46.5 Å². The maximum Gasteiger partial charge on any atom is 0.293 e. The van der Waals surface area contributed by atoms with Crippen molar-refractivity contribution >= 4 is 40.5 Å². The van der Waals surface area contributed by atoms with E-state index >= 15 is 4.39 Å². The number of halogens is 3. The molecular weight excluding hydrogens is 624 g/mol. The van der Waals surface area contributed by atoms with E-state index in [1.807, 2.05) is 0 Å². The highest BCUT2D eigenvalue weighted by Gasteiger charge is 2.46. The molecule has 2 atom stereocenters. The number of primary amides is 1. The minimum Gasteiger partial charge on any atom is -0.494 e. The maximum absolute atomic E-state index is 15.3. The van der Waals surface area contributed by atoms with Crippen LogP contribution in [0.25, 0.3) is 22.4 Å². The number of oxazole rings is 1. The molecule has 0 spiro atoms. The van der Waals surface area contributed by atoms with E-state index in [0.29, 0.717) is 17.1 Å². The fourth-order valence-corrected chi connectivity index (χ4v) is 5.52. The third kappa shape index (κ3) is 5.03. The predicted molar refractivity (Wildman–Crippen MR) is 163 cm³/mol. The van der Waals surface area contributed by atoms with E-state index in [0.717, 1.165) is 6.07 Å². The number of aromatic nitrogens is 2. The second-order valence-electron chi connectivity index (χ2n) is 11.0. The second kappa shape index (κ2) is 11.3. The molecule has 3 heterocycles. The normalized spacial score (nSPS) is 16.8. The molecule has 0 saturated heterocycles. The van der Waals surface area contributed by atoms with Gasteiger partial charge in [-0.2, -0.15) is 4.98 Å². The summed E-state index contributed by atoms with van der Waals surface area (Å²) in [6.45, 7) is 0.871. The molecule has 0 aliphatic carbocycles. The number of carbonyl (C=O) groups excluding carboxylic acids is 2. The molecule has 236 valence electrons. The van der Waals surface area contributed by atoms with Crippen molar-refractivity contribution in [2.75, 3.05) is 26.0 Å². The van der Waals surface area contributed by atoms with Gasteiger partial charge in [0, 0.05) is 22.8 Å². The monoisotopic (exact) mass is 649 g/mol. The van der Waals surface area contributed by atoms with Crippen molar-refractivity contribution in [1.82, 2.24) is 15.3 Å². The first-order valence-electron chi connectivity index (χ1n) is 13.8. The van der Waals surface area contributed by atoms with Crippen LogP contribution in [-0.2, 0) is 15.8 Å². The molecule has 2 amide bonds. The molecule has 2 aromatic heterocycles. The Morgan fingerprint density at radius 2 is 1.87 bits per heavy atom. The number of carbonyl (C=O) groups is 2. The molecule has 6 N–H and O–H groups in total. The van der Waals surface area contributed by atoms with E-state index in [4.69, 9.17) is 37.0 Å². The van der Waals surface area contributed by atoms with E-state index in [1.54, 1.807) is 30.3 Å². The Morgan fingerprint density at radius 3 is 2.57 bits per heavy atom. The van der Waals surface area contributed by atoms with Gasteiger partial charge < -0.3 is 35.8 Å². The number of hydrogen-bond donors (Lipinski definition) is 4. The Morgan fingerprint density at radius 1 is 1.13 bits per heavy atom. The van der Waals surface area contributed by atoms with Crippen LogP contribution in [0.5, 0.6) is 11.5 Å². The van der Waals surface area contributed by atoms with Crippen molar-refractivity contribution in [2.45, 2.75) is 17.9 Å². The number of rotatable bonds is 8. The van der Waals surface area contributed by atoms with Crippen LogP contribution in [-0.4, -0.2) is 47.2 Å². The largest absolute Gasteiger partial charge is 0.494 e. The number of nitrogens with zero attached hydrogens (tertiary/aromatic N) is 2. The average Bonchev–Trinajstić information content (AvgIpc) is 3.60. The van der Waals surface area contributed by atoms with Crippen LogP contribution in [0.4, 0.5) is 14.8 Å². The minimum atomic E-state index is -2.08. The van der Waals surface area contributed by atoms with Crippen molar-refractivity contribution in [1.29, 1.82) is 0 Å². The molecule has 0 fully saturated rings. The topological polar surface area (TPSA) is 176 Å². The lowest BCUT2D eigenvalue weighted by atomic mass is 9.80. The summed E-state index contributed by atoms with van der Waals surface area (Å²) in [5.74, 6) is -3.15. The van der Waals surface area contributed by atoms with Gasteiger partial charge in [-0.15, -0.1) is 0 Å². The molecule has 6 rings (SSSR count). The van der Waals surface area contributed by atoms with Gasteiger partial charge in [-0.25, -0.2) is 13.8 Å². The number of nitrogen functional groups attached to an aromatic ring is 1. The summed E-state index contributed by atoms with van der Waals surface area (Å²) >= 11 is 6.01. The van der Waals surface area contributed by atoms with E-state index in [9.17, 15) is 19.1 Å². The van der Waals surface area contributed by atoms with Gasteiger partial charge >= 0.3 is 0 Å². The summed E-state index contributed by atoms with van der Waals surface area (Å²) < 4.78 is 45.9. The van der Waals surface area contributed by atoms with Crippen LogP contribution in [0.1, 0.15) is 34.1 Å². The van der Waals surface area contributed by atoms with E-state index in [-0.39, 0.29) is 62.8 Å². The first-order chi connectivity index (χ1) is 21.9. The van der Waals surface area contributed by atoms with E-state index in [2.05, 4.69) is 15.3 Å².